The molecule has 158 valence electrons. The van der Waals surface area contributed by atoms with E-state index in [0.717, 1.165) is 42.8 Å². The monoisotopic (exact) mass is 394 g/mol. The van der Waals surface area contributed by atoms with Crippen LogP contribution in [-0.2, 0) is 12.8 Å². The molecule has 29 heavy (non-hydrogen) atoms. The van der Waals surface area contributed by atoms with Crippen LogP contribution in [-0.4, -0.2) is 13.7 Å². The van der Waals surface area contributed by atoms with Gasteiger partial charge in [-0.05, 0) is 67.2 Å². The molecule has 1 aliphatic rings. The Morgan fingerprint density at radius 1 is 0.793 bits per heavy atom. The Hall–Kier alpha value is -1.96. The zero-order valence-corrected chi connectivity index (χ0v) is 18.4. The standard InChI is InChI=1S/C27H38O2/c1-3-20-29-26-19-18-25(21-27(26)28-2)17-16-24-14-12-23(13-15-24)11-7-10-22-8-5-4-6-9-22/h4-6,8-9,18-19,21,23-24H,3,7,10-17,20H2,1-2H3. The van der Waals surface area contributed by atoms with Gasteiger partial charge in [0.05, 0.1) is 13.7 Å². The van der Waals surface area contributed by atoms with Crippen molar-refractivity contribution in [2.45, 2.75) is 71.1 Å². The van der Waals surface area contributed by atoms with Crippen molar-refractivity contribution in [3.63, 3.8) is 0 Å². The van der Waals surface area contributed by atoms with Gasteiger partial charge in [-0.1, -0.05) is 75.4 Å². The maximum atomic E-state index is 5.77. The van der Waals surface area contributed by atoms with Gasteiger partial charge >= 0.3 is 0 Å². The maximum absolute atomic E-state index is 5.77. The molecule has 0 unspecified atom stereocenters. The molecule has 0 heterocycles. The number of ether oxygens (including phenoxy) is 2. The lowest BCUT2D eigenvalue weighted by molar-refractivity contribution is 0.250. The summed E-state index contributed by atoms with van der Waals surface area (Å²) in [5.41, 5.74) is 2.86. The molecule has 2 nitrogen and oxygen atoms in total. The van der Waals surface area contributed by atoms with Gasteiger partial charge in [-0.25, -0.2) is 0 Å². The molecule has 0 amide bonds. The van der Waals surface area contributed by atoms with Gasteiger partial charge in [-0.2, -0.15) is 0 Å². The molecule has 0 spiro atoms. The largest absolute Gasteiger partial charge is 0.493 e. The summed E-state index contributed by atoms with van der Waals surface area (Å²) >= 11 is 0. The van der Waals surface area contributed by atoms with Crippen LogP contribution in [0.15, 0.2) is 48.5 Å². The summed E-state index contributed by atoms with van der Waals surface area (Å²) in [5, 5.41) is 0. The maximum Gasteiger partial charge on any atom is 0.161 e. The molecule has 1 fully saturated rings. The van der Waals surface area contributed by atoms with Crippen LogP contribution >= 0.6 is 0 Å². The van der Waals surface area contributed by atoms with Crippen molar-refractivity contribution < 1.29 is 9.47 Å². The van der Waals surface area contributed by atoms with Crippen LogP contribution in [0.5, 0.6) is 11.5 Å². The molecule has 3 rings (SSSR count). The zero-order valence-electron chi connectivity index (χ0n) is 18.4. The van der Waals surface area contributed by atoms with Gasteiger partial charge in [0, 0.05) is 0 Å². The van der Waals surface area contributed by atoms with Crippen LogP contribution in [0, 0.1) is 11.8 Å². The lowest BCUT2D eigenvalue weighted by Crippen LogP contribution is -2.15. The highest BCUT2D eigenvalue weighted by Crippen LogP contribution is 2.35. The lowest BCUT2D eigenvalue weighted by atomic mass is 9.77. The summed E-state index contributed by atoms with van der Waals surface area (Å²) in [4.78, 5) is 0. The highest BCUT2D eigenvalue weighted by molar-refractivity contribution is 5.43. The fourth-order valence-electron chi connectivity index (χ4n) is 4.62. The van der Waals surface area contributed by atoms with E-state index in [1.54, 1.807) is 7.11 Å². The summed E-state index contributed by atoms with van der Waals surface area (Å²) in [6.07, 6.45) is 13.1. The van der Waals surface area contributed by atoms with Crippen molar-refractivity contribution >= 4 is 0 Å². The minimum atomic E-state index is 0.740. The summed E-state index contributed by atoms with van der Waals surface area (Å²) < 4.78 is 11.3. The van der Waals surface area contributed by atoms with E-state index in [1.165, 1.54) is 62.5 Å². The minimum Gasteiger partial charge on any atom is -0.493 e. The van der Waals surface area contributed by atoms with Crippen molar-refractivity contribution in [1.82, 2.24) is 0 Å². The van der Waals surface area contributed by atoms with Crippen molar-refractivity contribution in [3.05, 3.63) is 59.7 Å². The van der Waals surface area contributed by atoms with E-state index in [1.807, 2.05) is 0 Å². The molecule has 2 aromatic rings. The third-order valence-corrected chi connectivity index (χ3v) is 6.42. The number of rotatable bonds is 11. The van der Waals surface area contributed by atoms with Gasteiger partial charge in [-0.3, -0.25) is 0 Å². The van der Waals surface area contributed by atoms with Gasteiger partial charge in [0.25, 0.3) is 0 Å². The molecule has 0 aliphatic heterocycles. The van der Waals surface area contributed by atoms with Crippen LogP contribution in [0.1, 0.15) is 69.4 Å². The molecular formula is C27H38O2. The first kappa shape index (κ1) is 21.7. The Balaban J connectivity index is 1.36. The van der Waals surface area contributed by atoms with E-state index >= 15 is 0 Å². The van der Waals surface area contributed by atoms with Gasteiger partial charge in [0.15, 0.2) is 11.5 Å². The predicted molar refractivity (Wildman–Crippen MR) is 122 cm³/mol. The van der Waals surface area contributed by atoms with E-state index < -0.39 is 0 Å². The first-order chi connectivity index (χ1) is 14.3. The Labute approximate surface area is 177 Å². The average Bonchev–Trinajstić information content (AvgIpc) is 2.78. The molecule has 0 bridgehead atoms. The van der Waals surface area contributed by atoms with Crippen LogP contribution in [0.3, 0.4) is 0 Å². The lowest BCUT2D eigenvalue weighted by Gasteiger charge is -2.28. The SMILES string of the molecule is CCCOc1ccc(CCC2CCC(CCCc3ccccc3)CC2)cc1OC. The van der Waals surface area contributed by atoms with E-state index in [2.05, 4.69) is 55.5 Å². The molecule has 0 atom stereocenters. The van der Waals surface area contributed by atoms with Crippen LogP contribution in [0.25, 0.3) is 0 Å². The van der Waals surface area contributed by atoms with Crippen molar-refractivity contribution in [1.29, 1.82) is 0 Å². The second-order valence-corrected chi connectivity index (χ2v) is 8.64. The molecule has 2 heteroatoms. The number of benzene rings is 2. The number of hydrogen-bond donors (Lipinski definition) is 0. The Bertz CT molecular complexity index is 702. The Morgan fingerprint density at radius 2 is 1.52 bits per heavy atom. The van der Waals surface area contributed by atoms with Crippen molar-refractivity contribution in [3.8, 4) is 11.5 Å². The third kappa shape index (κ3) is 7.10. The number of hydrogen-bond acceptors (Lipinski definition) is 2. The van der Waals surface area contributed by atoms with Gasteiger partial charge < -0.3 is 9.47 Å². The van der Waals surface area contributed by atoms with Crippen LogP contribution in [0.2, 0.25) is 0 Å². The quantitative estimate of drug-likeness (QED) is 0.400. The van der Waals surface area contributed by atoms with Gasteiger partial charge in [0.2, 0.25) is 0 Å². The van der Waals surface area contributed by atoms with E-state index in [9.17, 15) is 0 Å². The highest BCUT2D eigenvalue weighted by Gasteiger charge is 2.21. The molecule has 0 N–H and O–H groups in total. The van der Waals surface area contributed by atoms with Crippen LogP contribution < -0.4 is 9.47 Å². The molecule has 2 aromatic carbocycles. The minimum absolute atomic E-state index is 0.740. The Kier molecular flexibility index (Phi) is 8.92. The van der Waals surface area contributed by atoms with Gasteiger partial charge in [-0.15, -0.1) is 0 Å². The molecule has 0 aromatic heterocycles. The third-order valence-electron chi connectivity index (χ3n) is 6.42. The van der Waals surface area contributed by atoms with E-state index in [0.29, 0.717) is 0 Å². The van der Waals surface area contributed by atoms with Gasteiger partial charge in [0.1, 0.15) is 0 Å². The molecule has 0 radical (unpaired) electrons. The fraction of sp³-hybridized carbons (Fsp3) is 0.556. The first-order valence-electron chi connectivity index (χ1n) is 11.6. The molecule has 1 aliphatic carbocycles. The van der Waals surface area contributed by atoms with Crippen LogP contribution in [0.4, 0.5) is 0 Å². The zero-order chi connectivity index (χ0) is 20.3. The van der Waals surface area contributed by atoms with Crippen molar-refractivity contribution in [2.75, 3.05) is 13.7 Å². The molecule has 0 saturated heterocycles. The average molecular weight is 395 g/mol. The fourth-order valence-corrected chi connectivity index (χ4v) is 4.62. The number of methoxy groups -OCH3 is 1. The Morgan fingerprint density at radius 3 is 2.21 bits per heavy atom. The normalized spacial score (nSPS) is 19.1. The predicted octanol–water partition coefficient (Wildman–Crippen LogP) is 7.25. The topological polar surface area (TPSA) is 18.5 Å². The second-order valence-electron chi connectivity index (χ2n) is 8.64. The molecule has 1 saturated carbocycles. The second kappa shape index (κ2) is 11.9. The van der Waals surface area contributed by atoms with Crippen molar-refractivity contribution in [2.24, 2.45) is 11.8 Å². The summed E-state index contributed by atoms with van der Waals surface area (Å²) in [7, 11) is 1.73. The number of aryl methyl sites for hydroxylation is 2. The highest BCUT2D eigenvalue weighted by atomic mass is 16.5. The summed E-state index contributed by atoms with van der Waals surface area (Å²) in [6.45, 7) is 2.86. The first-order valence-corrected chi connectivity index (χ1v) is 11.6. The summed E-state index contributed by atoms with van der Waals surface area (Å²) in [5.74, 6) is 3.58. The van der Waals surface area contributed by atoms with E-state index in [-0.39, 0.29) is 0 Å². The molecular weight excluding hydrogens is 356 g/mol. The van der Waals surface area contributed by atoms with E-state index in [4.69, 9.17) is 9.47 Å². The summed E-state index contributed by atoms with van der Waals surface area (Å²) in [6, 6.07) is 17.4. The smallest absolute Gasteiger partial charge is 0.161 e.